The number of nitrogens with one attached hydrogen (secondary N) is 1. The number of amides is 1. The average Bonchev–Trinajstić information content (AvgIpc) is 2.49. The molecule has 3 nitrogen and oxygen atoms in total. The van der Waals surface area contributed by atoms with Crippen LogP contribution in [-0.2, 0) is 11.0 Å². The molecule has 2 aromatic rings. The van der Waals surface area contributed by atoms with Gasteiger partial charge >= 0.3 is 6.18 Å². The average molecular weight is 341 g/mol. The summed E-state index contributed by atoms with van der Waals surface area (Å²) in [6.07, 6.45) is -4.40. The van der Waals surface area contributed by atoms with E-state index in [1.165, 1.54) is 36.0 Å². The Morgan fingerprint density at radius 3 is 2.17 bits per heavy atom. The fraction of sp³-hybridized carbons (Fsp3) is 0.188. The van der Waals surface area contributed by atoms with Gasteiger partial charge in [-0.25, -0.2) is 0 Å². The SMILES string of the molecule is CC(Sc1ccc(O)cc1)C(=O)Nc1ccc(C(F)(F)F)cc1. The van der Waals surface area contributed by atoms with Crippen LogP contribution in [0, 0.1) is 0 Å². The number of carbonyl (C=O) groups is 1. The topological polar surface area (TPSA) is 49.3 Å². The van der Waals surface area contributed by atoms with Crippen molar-refractivity contribution in [3.63, 3.8) is 0 Å². The molecule has 2 aromatic carbocycles. The highest BCUT2D eigenvalue weighted by molar-refractivity contribution is 8.00. The second-order valence-corrected chi connectivity index (χ2v) is 6.23. The molecule has 0 aliphatic heterocycles. The van der Waals surface area contributed by atoms with E-state index in [2.05, 4.69) is 5.32 Å². The maximum Gasteiger partial charge on any atom is 0.416 e. The summed E-state index contributed by atoms with van der Waals surface area (Å²) < 4.78 is 37.4. The Kier molecular flexibility index (Phi) is 5.20. The zero-order valence-corrected chi connectivity index (χ0v) is 12.9. The second kappa shape index (κ2) is 6.95. The largest absolute Gasteiger partial charge is 0.508 e. The number of aromatic hydroxyl groups is 1. The quantitative estimate of drug-likeness (QED) is 0.803. The van der Waals surface area contributed by atoms with Crippen molar-refractivity contribution in [2.24, 2.45) is 0 Å². The van der Waals surface area contributed by atoms with Crippen molar-refractivity contribution in [3.8, 4) is 5.75 Å². The van der Waals surface area contributed by atoms with Crippen molar-refractivity contribution in [2.45, 2.75) is 23.2 Å². The van der Waals surface area contributed by atoms with Gasteiger partial charge < -0.3 is 10.4 Å². The fourth-order valence-electron chi connectivity index (χ4n) is 1.77. The number of halogens is 3. The van der Waals surface area contributed by atoms with Gasteiger partial charge in [0.15, 0.2) is 0 Å². The van der Waals surface area contributed by atoms with Gasteiger partial charge in [-0.1, -0.05) is 0 Å². The highest BCUT2D eigenvalue weighted by Crippen LogP contribution is 2.30. The van der Waals surface area contributed by atoms with Crippen LogP contribution in [0.1, 0.15) is 12.5 Å². The second-order valence-electron chi connectivity index (χ2n) is 4.82. The van der Waals surface area contributed by atoms with E-state index in [0.29, 0.717) is 5.69 Å². The molecule has 0 bridgehead atoms. The number of thioether (sulfide) groups is 1. The maximum absolute atomic E-state index is 12.5. The summed E-state index contributed by atoms with van der Waals surface area (Å²) in [5, 5.41) is 11.3. The number of carbonyl (C=O) groups excluding carboxylic acids is 1. The van der Waals surface area contributed by atoms with E-state index < -0.39 is 17.0 Å². The third-order valence-corrected chi connectivity index (χ3v) is 4.11. The molecule has 23 heavy (non-hydrogen) atoms. The van der Waals surface area contributed by atoms with Crippen molar-refractivity contribution in [1.82, 2.24) is 0 Å². The van der Waals surface area contributed by atoms with E-state index in [-0.39, 0.29) is 11.7 Å². The summed E-state index contributed by atoms with van der Waals surface area (Å²) >= 11 is 1.28. The molecule has 0 radical (unpaired) electrons. The highest BCUT2D eigenvalue weighted by Gasteiger charge is 2.30. The van der Waals surface area contributed by atoms with Crippen molar-refractivity contribution < 1.29 is 23.1 Å². The van der Waals surface area contributed by atoms with Crippen LogP contribution in [0.2, 0.25) is 0 Å². The minimum atomic E-state index is -4.40. The number of hydrogen-bond acceptors (Lipinski definition) is 3. The van der Waals surface area contributed by atoms with Crippen molar-refractivity contribution in [1.29, 1.82) is 0 Å². The van der Waals surface area contributed by atoms with Crippen LogP contribution in [0.5, 0.6) is 5.75 Å². The van der Waals surface area contributed by atoms with Gasteiger partial charge in [0.1, 0.15) is 5.75 Å². The first-order valence-electron chi connectivity index (χ1n) is 6.69. The third-order valence-electron chi connectivity index (χ3n) is 3.00. The summed E-state index contributed by atoms with van der Waals surface area (Å²) in [5.74, 6) is -0.181. The molecule has 0 spiro atoms. The summed E-state index contributed by atoms with van der Waals surface area (Å²) in [6.45, 7) is 1.69. The molecule has 0 saturated heterocycles. The summed E-state index contributed by atoms with van der Waals surface area (Å²) in [6, 6.07) is 10.7. The Bertz CT molecular complexity index is 669. The van der Waals surface area contributed by atoms with Crippen LogP contribution in [-0.4, -0.2) is 16.3 Å². The van der Waals surface area contributed by atoms with E-state index in [1.54, 1.807) is 19.1 Å². The van der Waals surface area contributed by atoms with Crippen molar-refractivity contribution >= 4 is 23.4 Å². The molecule has 0 aromatic heterocycles. The first kappa shape index (κ1) is 17.2. The number of phenolic OH excluding ortho intramolecular Hbond substituents is 1. The van der Waals surface area contributed by atoms with E-state index in [0.717, 1.165) is 17.0 Å². The summed E-state index contributed by atoms with van der Waals surface area (Å²) in [4.78, 5) is 12.9. The van der Waals surface area contributed by atoms with Gasteiger partial charge in [0, 0.05) is 10.6 Å². The Labute approximate surface area is 135 Å². The zero-order valence-electron chi connectivity index (χ0n) is 12.1. The molecule has 122 valence electrons. The molecule has 0 saturated carbocycles. The van der Waals surface area contributed by atoms with E-state index in [1.807, 2.05) is 0 Å². The lowest BCUT2D eigenvalue weighted by molar-refractivity contribution is -0.137. The molecule has 1 unspecified atom stereocenters. The van der Waals surface area contributed by atoms with Crippen LogP contribution in [0.3, 0.4) is 0 Å². The van der Waals surface area contributed by atoms with Gasteiger partial charge in [-0.15, -0.1) is 11.8 Å². The van der Waals surface area contributed by atoms with E-state index in [9.17, 15) is 23.1 Å². The van der Waals surface area contributed by atoms with Gasteiger partial charge in [0.25, 0.3) is 0 Å². The highest BCUT2D eigenvalue weighted by atomic mass is 32.2. The normalized spacial score (nSPS) is 12.7. The third kappa shape index (κ3) is 4.92. The fourth-order valence-corrected chi connectivity index (χ4v) is 2.64. The first-order valence-corrected chi connectivity index (χ1v) is 7.57. The number of alkyl halides is 3. The van der Waals surface area contributed by atoms with Gasteiger partial charge in [-0.05, 0) is 55.5 Å². The number of hydrogen-bond donors (Lipinski definition) is 2. The number of anilines is 1. The van der Waals surface area contributed by atoms with Crippen LogP contribution in [0.4, 0.5) is 18.9 Å². The monoisotopic (exact) mass is 341 g/mol. The molecule has 0 fully saturated rings. The molecule has 2 N–H and O–H groups in total. The molecule has 1 atom stereocenters. The number of phenols is 1. The van der Waals surface area contributed by atoms with Gasteiger partial charge in [0.2, 0.25) is 5.91 Å². The van der Waals surface area contributed by atoms with E-state index >= 15 is 0 Å². The molecule has 2 rings (SSSR count). The predicted molar refractivity (Wildman–Crippen MR) is 83.5 cm³/mol. The van der Waals surface area contributed by atoms with Crippen LogP contribution in [0.25, 0.3) is 0 Å². The lowest BCUT2D eigenvalue weighted by Crippen LogP contribution is -2.22. The van der Waals surface area contributed by atoms with Gasteiger partial charge in [0.05, 0.1) is 10.8 Å². The molecule has 7 heteroatoms. The Morgan fingerprint density at radius 1 is 1.09 bits per heavy atom. The lowest BCUT2D eigenvalue weighted by Gasteiger charge is -2.13. The maximum atomic E-state index is 12.5. The Hall–Kier alpha value is -2.15. The van der Waals surface area contributed by atoms with Crippen molar-refractivity contribution in [2.75, 3.05) is 5.32 Å². The lowest BCUT2D eigenvalue weighted by atomic mass is 10.2. The van der Waals surface area contributed by atoms with Crippen LogP contribution >= 0.6 is 11.8 Å². The molecule has 0 aliphatic rings. The smallest absolute Gasteiger partial charge is 0.416 e. The number of rotatable bonds is 4. The zero-order chi connectivity index (χ0) is 17.0. The van der Waals surface area contributed by atoms with Crippen molar-refractivity contribution in [3.05, 3.63) is 54.1 Å². The van der Waals surface area contributed by atoms with Gasteiger partial charge in [-0.2, -0.15) is 13.2 Å². The molecule has 1 amide bonds. The van der Waals surface area contributed by atoms with Crippen LogP contribution in [0.15, 0.2) is 53.4 Å². The minimum Gasteiger partial charge on any atom is -0.508 e. The predicted octanol–water partition coefficient (Wildman–Crippen LogP) is 4.53. The first-order chi connectivity index (χ1) is 10.8. The molecule has 0 aliphatic carbocycles. The molecular weight excluding hydrogens is 327 g/mol. The Balaban J connectivity index is 1.96. The Morgan fingerprint density at radius 2 is 1.65 bits per heavy atom. The minimum absolute atomic E-state index is 0.135. The number of benzene rings is 2. The standard InChI is InChI=1S/C16H14F3NO2S/c1-10(23-14-8-6-13(21)7-9-14)15(22)20-12-4-2-11(3-5-12)16(17,18)19/h2-10,21H,1H3,(H,20,22). The molecule has 0 heterocycles. The van der Waals surface area contributed by atoms with Crippen LogP contribution < -0.4 is 5.32 Å². The summed E-state index contributed by atoms with van der Waals surface area (Å²) in [5.41, 5.74) is -0.455. The van der Waals surface area contributed by atoms with Gasteiger partial charge in [-0.3, -0.25) is 4.79 Å². The summed E-state index contributed by atoms with van der Waals surface area (Å²) in [7, 11) is 0. The molecular formula is C16H14F3NO2S. The van der Waals surface area contributed by atoms with E-state index in [4.69, 9.17) is 0 Å².